The molecule has 16 heavy (non-hydrogen) atoms. The third-order valence-corrected chi connectivity index (χ3v) is 2.79. The van der Waals surface area contributed by atoms with Crippen molar-refractivity contribution in [3.63, 3.8) is 0 Å². The van der Waals surface area contributed by atoms with Crippen LogP contribution in [0.2, 0.25) is 0 Å². The highest BCUT2D eigenvalue weighted by atomic mass is 15.3. The Balaban J connectivity index is 2.43. The fourth-order valence-corrected chi connectivity index (χ4v) is 1.59. The zero-order valence-electron chi connectivity index (χ0n) is 11.0. The van der Waals surface area contributed by atoms with Crippen molar-refractivity contribution >= 4 is 0 Å². The lowest BCUT2D eigenvalue weighted by Gasteiger charge is -2.10. The molecule has 0 aliphatic heterocycles. The van der Waals surface area contributed by atoms with Crippen LogP contribution in [0, 0.1) is 5.92 Å². The average Bonchev–Trinajstić information content (AvgIpc) is 2.71. The molecule has 3 heteroatoms. The molecule has 0 aliphatic rings. The Bertz CT molecular complexity index is 291. The number of aromatic nitrogens is 2. The summed E-state index contributed by atoms with van der Waals surface area (Å²) in [7, 11) is 0. The first-order valence-corrected chi connectivity index (χ1v) is 6.39. The lowest BCUT2D eigenvalue weighted by atomic mass is 10.1. The van der Waals surface area contributed by atoms with E-state index in [0.717, 1.165) is 19.0 Å². The van der Waals surface area contributed by atoms with E-state index in [9.17, 15) is 0 Å². The van der Waals surface area contributed by atoms with Gasteiger partial charge in [-0.2, -0.15) is 5.10 Å². The largest absolute Gasteiger partial charge is 0.310 e. The van der Waals surface area contributed by atoms with Crippen LogP contribution < -0.4 is 5.32 Å². The van der Waals surface area contributed by atoms with Crippen LogP contribution in [-0.2, 0) is 6.54 Å². The Labute approximate surface area is 99.2 Å². The Morgan fingerprint density at radius 3 is 2.75 bits per heavy atom. The molecule has 0 spiro atoms. The molecule has 0 radical (unpaired) electrons. The van der Waals surface area contributed by atoms with Gasteiger partial charge in [0.1, 0.15) is 0 Å². The Morgan fingerprint density at radius 1 is 1.38 bits per heavy atom. The number of nitrogens with zero attached hydrogens (tertiary/aromatic N) is 2. The van der Waals surface area contributed by atoms with Gasteiger partial charge in [-0.25, -0.2) is 0 Å². The number of aryl methyl sites for hydroxylation is 1. The molecule has 0 aromatic carbocycles. The van der Waals surface area contributed by atoms with E-state index in [-0.39, 0.29) is 0 Å². The normalized spacial score (nSPS) is 13.3. The highest BCUT2D eigenvalue weighted by Crippen LogP contribution is 2.11. The molecule has 1 N–H and O–H groups in total. The Morgan fingerprint density at radius 2 is 2.12 bits per heavy atom. The van der Waals surface area contributed by atoms with E-state index in [0.29, 0.717) is 6.04 Å². The monoisotopic (exact) mass is 223 g/mol. The van der Waals surface area contributed by atoms with Gasteiger partial charge in [0.05, 0.1) is 6.20 Å². The van der Waals surface area contributed by atoms with Crippen molar-refractivity contribution in [2.24, 2.45) is 5.92 Å². The van der Waals surface area contributed by atoms with Gasteiger partial charge < -0.3 is 5.32 Å². The first kappa shape index (κ1) is 13.2. The molecular formula is C13H25N3. The van der Waals surface area contributed by atoms with Crippen LogP contribution in [0.25, 0.3) is 0 Å². The second-order valence-electron chi connectivity index (χ2n) is 4.90. The summed E-state index contributed by atoms with van der Waals surface area (Å²) in [4.78, 5) is 0. The van der Waals surface area contributed by atoms with Crippen LogP contribution in [0.1, 0.15) is 52.1 Å². The molecule has 0 bridgehead atoms. The van der Waals surface area contributed by atoms with Crippen molar-refractivity contribution in [2.75, 3.05) is 6.54 Å². The fourth-order valence-electron chi connectivity index (χ4n) is 1.59. The predicted molar refractivity (Wildman–Crippen MR) is 68.4 cm³/mol. The van der Waals surface area contributed by atoms with Gasteiger partial charge in [0, 0.05) is 24.3 Å². The summed E-state index contributed by atoms with van der Waals surface area (Å²) in [6, 6.07) is 0.410. The summed E-state index contributed by atoms with van der Waals surface area (Å²) >= 11 is 0. The minimum atomic E-state index is 0.410. The van der Waals surface area contributed by atoms with Gasteiger partial charge in [-0.05, 0) is 32.2 Å². The zero-order chi connectivity index (χ0) is 12.0. The summed E-state index contributed by atoms with van der Waals surface area (Å²) in [6.45, 7) is 11.0. The molecular weight excluding hydrogens is 198 g/mol. The minimum Gasteiger partial charge on any atom is -0.310 e. The average molecular weight is 223 g/mol. The maximum atomic E-state index is 4.39. The SMILES string of the molecule is CCCNC(C)c1cnn(CCC(C)C)c1. The molecule has 1 aromatic heterocycles. The topological polar surface area (TPSA) is 29.9 Å². The Hall–Kier alpha value is -0.830. The van der Waals surface area contributed by atoms with Crippen LogP contribution in [0.4, 0.5) is 0 Å². The standard InChI is InChI=1S/C13H25N3/c1-5-7-14-12(4)13-9-15-16(10-13)8-6-11(2)3/h9-12,14H,5-8H2,1-4H3. The molecule has 1 heterocycles. The van der Waals surface area contributed by atoms with E-state index in [1.54, 1.807) is 0 Å². The Kier molecular flexibility index (Phi) is 5.53. The van der Waals surface area contributed by atoms with Crippen LogP contribution in [0.15, 0.2) is 12.4 Å². The van der Waals surface area contributed by atoms with Gasteiger partial charge in [-0.3, -0.25) is 4.68 Å². The van der Waals surface area contributed by atoms with Crippen LogP contribution >= 0.6 is 0 Å². The molecule has 0 aliphatic carbocycles. The predicted octanol–water partition coefficient (Wildman–Crippen LogP) is 2.99. The maximum absolute atomic E-state index is 4.39. The van der Waals surface area contributed by atoms with E-state index in [1.807, 2.05) is 6.20 Å². The third kappa shape index (κ3) is 4.35. The van der Waals surface area contributed by atoms with Crippen molar-refractivity contribution < 1.29 is 0 Å². The fraction of sp³-hybridized carbons (Fsp3) is 0.769. The van der Waals surface area contributed by atoms with Crippen LogP contribution in [0.3, 0.4) is 0 Å². The van der Waals surface area contributed by atoms with Gasteiger partial charge in [-0.15, -0.1) is 0 Å². The molecule has 0 amide bonds. The van der Waals surface area contributed by atoms with E-state index in [4.69, 9.17) is 0 Å². The van der Waals surface area contributed by atoms with Crippen molar-refractivity contribution in [3.8, 4) is 0 Å². The molecule has 0 saturated heterocycles. The molecule has 3 nitrogen and oxygen atoms in total. The number of rotatable bonds is 7. The van der Waals surface area contributed by atoms with Crippen molar-refractivity contribution in [1.82, 2.24) is 15.1 Å². The summed E-state index contributed by atoms with van der Waals surface area (Å²) in [5.41, 5.74) is 1.29. The van der Waals surface area contributed by atoms with Gasteiger partial charge >= 0.3 is 0 Å². The highest BCUT2D eigenvalue weighted by Gasteiger charge is 2.06. The summed E-state index contributed by atoms with van der Waals surface area (Å²) in [5, 5.41) is 7.87. The number of hydrogen-bond acceptors (Lipinski definition) is 2. The quantitative estimate of drug-likeness (QED) is 0.770. The van der Waals surface area contributed by atoms with Crippen LogP contribution in [-0.4, -0.2) is 16.3 Å². The molecule has 92 valence electrons. The lowest BCUT2D eigenvalue weighted by molar-refractivity contribution is 0.486. The first-order chi connectivity index (χ1) is 7.63. The second kappa shape index (κ2) is 6.69. The maximum Gasteiger partial charge on any atom is 0.0537 e. The smallest absolute Gasteiger partial charge is 0.0537 e. The molecule has 1 rings (SSSR count). The van der Waals surface area contributed by atoms with Crippen molar-refractivity contribution in [3.05, 3.63) is 18.0 Å². The molecule has 1 aromatic rings. The number of nitrogens with one attached hydrogen (secondary N) is 1. The molecule has 1 atom stereocenters. The first-order valence-electron chi connectivity index (χ1n) is 6.39. The van der Waals surface area contributed by atoms with E-state index >= 15 is 0 Å². The highest BCUT2D eigenvalue weighted by molar-refractivity contribution is 5.09. The van der Waals surface area contributed by atoms with Gasteiger partial charge in [-0.1, -0.05) is 20.8 Å². The summed E-state index contributed by atoms with van der Waals surface area (Å²) in [6.07, 6.45) is 6.51. The van der Waals surface area contributed by atoms with E-state index < -0.39 is 0 Å². The lowest BCUT2D eigenvalue weighted by Crippen LogP contribution is -2.18. The summed E-state index contributed by atoms with van der Waals surface area (Å²) < 4.78 is 2.06. The van der Waals surface area contributed by atoms with Gasteiger partial charge in [0.2, 0.25) is 0 Å². The molecule has 0 fully saturated rings. The van der Waals surface area contributed by atoms with Crippen LogP contribution in [0.5, 0.6) is 0 Å². The zero-order valence-corrected chi connectivity index (χ0v) is 11.0. The summed E-state index contributed by atoms with van der Waals surface area (Å²) in [5.74, 6) is 0.739. The van der Waals surface area contributed by atoms with Gasteiger partial charge in [0.15, 0.2) is 0 Å². The van der Waals surface area contributed by atoms with E-state index in [1.165, 1.54) is 18.4 Å². The molecule has 1 unspecified atom stereocenters. The third-order valence-electron chi connectivity index (χ3n) is 2.79. The minimum absolute atomic E-state index is 0.410. The number of hydrogen-bond donors (Lipinski definition) is 1. The van der Waals surface area contributed by atoms with Crippen molar-refractivity contribution in [1.29, 1.82) is 0 Å². The van der Waals surface area contributed by atoms with Crippen molar-refractivity contribution in [2.45, 2.75) is 53.1 Å². The second-order valence-corrected chi connectivity index (χ2v) is 4.90. The van der Waals surface area contributed by atoms with Gasteiger partial charge in [0.25, 0.3) is 0 Å². The molecule has 0 saturated carbocycles. The van der Waals surface area contributed by atoms with E-state index in [2.05, 4.69) is 49.0 Å².